The Kier molecular flexibility index (Phi) is 7.06. The zero-order chi connectivity index (χ0) is 21.0. The van der Waals surface area contributed by atoms with Gasteiger partial charge in [-0.1, -0.05) is 11.6 Å². The van der Waals surface area contributed by atoms with Gasteiger partial charge in [-0.25, -0.2) is 12.8 Å². The van der Waals surface area contributed by atoms with Crippen molar-refractivity contribution in [1.29, 1.82) is 0 Å². The molecule has 12 heteroatoms. The zero-order valence-corrected chi connectivity index (χ0v) is 17.0. The summed E-state index contributed by atoms with van der Waals surface area (Å²) in [5.74, 6) is -2.53. The van der Waals surface area contributed by atoms with Crippen LogP contribution in [0.2, 0.25) is 5.02 Å². The fourth-order valence-electron chi connectivity index (χ4n) is 3.08. The second kappa shape index (κ2) is 9.35. The van der Waals surface area contributed by atoms with Gasteiger partial charge in [0.15, 0.2) is 5.82 Å². The van der Waals surface area contributed by atoms with Gasteiger partial charge in [-0.2, -0.15) is 0 Å². The van der Waals surface area contributed by atoms with Gasteiger partial charge in [0.2, 0.25) is 10.0 Å². The molecule has 9 nitrogen and oxygen atoms in total. The third kappa shape index (κ3) is 5.23. The summed E-state index contributed by atoms with van der Waals surface area (Å²) in [6, 6.07) is 2.19. The first-order chi connectivity index (χ1) is 13.8. The van der Waals surface area contributed by atoms with Crippen molar-refractivity contribution in [3.8, 4) is 0 Å². The molecule has 3 rings (SSSR count). The number of amides is 2. The number of benzene rings is 1. The topological polar surface area (TPSA) is 114 Å². The monoisotopic (exact) mass is 449 g/mol. The largest absolute Gasteiger partial charge is 0.381 e. The molecule has 2 saturated heterocycles. The SMILES string of the molecule is O=C(NNS(=O)(=O)C1CCOCC1)c1cc(C(=O)N2CCOCC2)cc(Cl)c1F. The van der Waals surface area contributed by atoms with Crippen molar-refractivity contribution < 1.29 is 31.9 Å². The summed E-state index contributed by atoms with van der Waals surface area (Å²) in [7, 11) is -3.86. The van der Waals surface area contributed by atoms with Crippen LogP contribution in [0.15, 0.2) is 12.1 Å². The van der Waals surface area contributed by atoms with Crippen LogP contribution in [0.5, 0.6) is 0 Å². The molecule has 1 aromatic rings. The van der Waals surface area contributed by atoms with E-state index in [2.05, 4.69) is 0 Å². The molecule has 0 aliphatic carbocycles. The van der Waals surface area contributed by atoms with E-state index in [1.165, 1.54) is 4.90 Å². The number of rotatable bonds is 5. The lowest BCUT2D eigenvalue weighted by Gasteiger charge is -2.27. The minimum absolute atomic E-state index is 0.0238. The van der Waals surface area contributed by atoms with Crippen LogP contribution in [-0.4, -0.2) is 69.9 Å². The number of hydrazine groups is 1. The fraction of sp³-hybridized carbons (Fsp3) is 0.529. The minimum atomic E-state index is -3.86. The number of morpholine rings is 1. The predicted molar refractivity (Wildman–Crippen MR) is 101 cm³/mol. The zero-order valence-electron chi connectivity index (χ0n) is 15.4. The van der Waals surface area contributed by atoms with Crippen molar-refractivity contribution in [2.45, 2.75) is 18.1 Å². The van der Waals surface area contributed by atoms with Crippen LogP contribution in [0.3, 0.4) is 0 Å². The van der Waals surface area contributed by atoms with E-state index in [0.29, 0.717) is 39.5 Å². The molecule has 1 aromatic carbocycles. The van der Waals surface area contributed by atoms with Crippen LogP contribution in [0, 0.1) is 5.82 Å². The van der Waals surface area contributed by atoms with E-state index in [1.807, 2.05) is 10.3 Å². The second-order valence-corrected chi connectivity index (χ2v) is 9.01. The quantitative estimate of drug-likeness (QED) is 0.639. The number of carbonyl (C=O) groups excluding carboxylic acids is 2. The fourth-order valence-corrected chi connectivity index (χ4v) is 4.52. The third-order valence-corrected chi connectivity index (χ3v) is 6.74. The molecule has 0 unspecified atom stereocenters. The first kappa shape index (κ1) is 21.9. The van der Waals surface area contributed by atoms with E-state index in [0.717, 1.165) is 12.1 Å². The maximum absolute atomic E-state index is 14.4. The van der Waals surface area contributed by atoms with Crippen molar-refractivity contribution in [3.63, 3.8) is 0 Å². The van der Waals surface area contributed by atoms with E-state index in [-0.39, 0.29) is 18.4 Å². The van der Waals surface area contributed by atoms with Crippen LogP contribution in [0.1, 0.15) is 33.6 Å². The summed E-state index contributed by atoms with van der Waals surface area (Å²) in [6.45, 7) is 2.08. The molecule has 2 N–H and O–H groups in total. The van der Waals surface area contributed by atoms with Crippen molar-refractivity contribution in [2.24, 2.45) is 0 Å². The minimum Gasteiger partial charge on any atom is -0.381 e. The van der Waals surface area contributed by atoms with Crippen LogP contribution < -0.4 is 10.3 Å². The number of nitrogens with one attached hydrogen (secondary N) is 2. The van der Waals surface area contributed by atoms with Gasteiger partial charge in [-0.05, 0) is 25.0 Å². The molecular formula is C17H21ClFN3O6S. The highest BCUT2D eigenvalue weighted by atomic mass is 35.5. The lowest BCUT2D eigenvalue weighted by atomic mass is 10.1. The highest BCUT2D eigenvalue weighted by molar-refractivity contribution is 7.90. The molecule has 0 saturated carbocycles. The van der Waals surface area contributed by atoms with Gasteiger partial charge in [0.05, 0.1) is 29.0 Å². The number of hydrogen-bond acceptors (Lipinski definition) is 6. The van der Waals surface area contributed by atoms with Crippen LogP contribution in [0.25, 0.3) is 0 Å². The molecule has 160 valence electrons. The van der Waals surface area contributed by atoms with Gasteiger partial charge in [0.25, 0.3) is 11.8 Å². The number of halogens is 2. The number of hydrogen-bond donors (Lipinski definition) is 2. The normalized spacial score (nSPS) is 18.5. The lowest BCUT2D eigenvalue weighted by Crippen LogP contribution is -2.47. The Morgan fingerprint density at radius 1 is 1.10 bits per heavy atom. The Bertz CT molecular complexity index is 885. The maximum Gasteiger partial charge on any atom is 0.269 e. The van der Waals surface area contributed by atoms with Crippen molar-refractivity contribution in [1.82, 2.24) is 15.2 Å². The molecule has 0 aromatic heterocycles. The van der Waals surface area contributed by atoms with E-state index in [9.17, 15) is 22.4 Å². The molecule has 2 aliphatic rings. The highest BCUT2D eigenvalue weighted by Crippen LogP contribution is 2.22. The summed E-state index contributed by atoms with van der Waals surface area (Å²) < 4.78 is 49.2. The first-order valence-electron chi connectivity index (χ1n) is 9.04. The summed E-state index contributed by atoms with van der Waals surface area (Å²) >= 11 is 5.85. The number of sulfonamides is 1. The molecule has 0 radical (unpaired) electrons. The average Bonchev–Trinajstić information content (AvgIpc) is 2.74. The molecule has 2 heterocycles. The maximum atomic E-state index is 14.4. The Morgan fingerprint density at radius 2 is 1.72 bits per heavy atom. The number of nitrogens with zero attached hydrogens (tertiary/aromatic N) is 1. The van der Waals surface area contributed by atoms with E-state index >= 15 is 0 Å². The Morgan fingerprint density at radius 3 is 2.38 bits per heavy atom. The van der Waals surface area contributed by atoms with Gasteiger partial charge in [0, 0.05) is 31.9 Å². The van der Waals surface area contributed by atoms with E-state index in [4.69, 9.17) is 21.1 Å². The number of ether oxygens (including phenoxy) is 2. The lowest BCUT2D eigenvalue weighted by molar-refractivity contribution is 0.0303. The Balaban J connectivity index is 1.74. The van der Waals surface area contributed by atoms with Gasteiger partial charge in [0.1, 0.15) is 0 Å². The molecule has 2 amide bonds. The smallest absolute Gasteiger partial charge is 0.269 e. The highest BCUT2D eigenvalue weighted by Gasteiger charge is 2.29. The summed E-state index contributed by atoms with van der Waals surface area (Å²) in [4.78, 5) is 28.5. The molecule has 0 bridgehead atoms. The summed E-state index contributed by atoms with van der Waals surface area (Å²) in [5, 5.41) is -1.14. The van der Waals surface area contributed by atoms with E-state index in [1.54, 1.807) is 0 Å². The molecule has 2 aliphatic heterocycles. The van der Waals surface area contributed by atoms with Gasteiger partial charge < -0.3 is 14.4 Å². The molecule has 0 atom stereocenters. The van der Waals surface area contributed by atoms with Crippen molar-refractivity contribution in [3.05, 3.63) is 34.1 Å². The molecule has 2 fully saturated rings. The first-order valence-corrected chi connectivity index (χ1v) is 11.0. The molecular weight excluding hydrogens is 429 g/mol. The third-order valence-electron chi connectivity index (χ3n) is 4.73. The van der Waals surface area contributed by atoms with Gasteiger partial charge in [-0.3, -0.25) is 15.0 Å². The van der Waals surface area contributed by atoms with Gasteiger partial charge in [-0.15, -0.1) is 4.83 Å². The van der Waals surface area contributed by atoms with Crippen molar-refractivity contribution in [2.75, 3.05) is 39.5 Å². The summed E-state index contributed by atoms with van der Waals surface area (Å²) in [5.41, 5.74) is 1.47. The average molecular weight is 450 g/mol. The van der Waals surface area contributed by atoms with Crippen LogP contribution in [0.4, 0.5) is 4.39 Å². The van der Waals surface area contributed by atoms with Crippen LogP contribution in [-0.2, 0) is 19.5 Å². The number of carbonyl (C=O) groups is 2. The molecule has 0 spiro atoms. The second-order valence-electron chi connectivity index (χ2n) is 6.64. The summed E-state index contributed by atoms with van der Waals surface area (Å²) in [6.07, 6.45) is 0.573. The Hall–Kier alpha value is -1.79. The standard InChI is InChI=1S/C17H21ClFN3O6S/c18-14-10-11(17(24)22-3-7-28-8-4-22)9-13(15(14)19)16(23)20-21-29(25,26)12-1-5-27-6-2-12/h9-10,12,21H,1-8H2,(H,20,23). The van der Waals surface area contributed by atoms with Gasteiger partial charge >= 0.3 is 0 Å². The van der Waals surface area contributed by atoms with Crippen LogP contribution >= 0.6 is 11.6 Å². The van der Waals surface area contributed by atoms with Crippen molar-refractivity contribution >= 4 is 33.4 Å². The predicted octanol–water partition coefficient (Wildman–Crippen LogP) is 0.695. The molecule has 29 heavy (non-hydrogen) atoms. The Labute approximate surface area is 172 Å². The van der Waals surface area contributed by atoms with E-state index < -0.39 is 43.5 Å².